The van der Waals surface area contributed by atoms with Gasteiger partial charge in [-0.3, -0.25) is 0 Å². The zero-order valence-electron chi connectivity index (χ0n) is 12.8. The van der Waals surface area contributed by atoms with Gasteiger partial charge in [-0.15, -0.1) is 0 Å². The lowest BCUT2D eigenvalue weighted by Gasteiger charge is -2.02. The number of aromatic amines is 1. The number of rotatable bonds is 5. The molecule has 1 aromatic heterocycles. The highest BCUT2D eigenvalue weighted by Gasteiger charge is 2.07. The maximum atomic E-state index is 11.4. The van der Waals surface area contributed by atoms with Crippen molar-refractivity contribution in [1.82, 2.24) is 9.97 Å². The van der Waals surface area contributed by atoms with Crippen LogP contribution in [0.5, 0.6) is 5.75 Å². The predicted molar refractivity (Wildman–Crippen MR) is 90.0 cm³/mol. The number of H-pyrrole nitrogens is 1. The standard InChI is InChI=1S/C17H16N2O3S/c1-21-13-7-8-14-15(9-13)19-17(18-14)23-10-11-3-5-12(6-4-11)16(20)22-2/h3-9H,10H2,1-2H3,(H,18,19). The van der Waals surface area contributed by atoms with Crippen LogP contribution in [-0.2, 0) is 10.5 Å². The van der Waals surface area contributed by atoms with Crippen molar-refractivity contribution < 1.29 is 14.3 Å². The first-order valence-electron chi connectivity index (χ1n) is 7.03. The van der Waals surface area contributed by atoms with E-state index in [-0.39, 0.29) is 5.97 Å². The lowest BCUT2D eigenvalue weighted by molar-refractivity contribution is 0.0600. The molecule has 3 aromatic rings. The topological polar surface area (TPSA) is 64.2 Å². The summed E-state index contributed by atoms with van der Waals surface area (Å²) >= 11 is 1.61. The fourth-order valence-corrected chi connectivity index (χ4v) is 3.00. The van der Waals surface area contributed by atoms with Crippen molar-refractivity contribution in [3.05, 3.63) is 53.6 Å². The summed E-state index contributed by atoms with van der Waals surface area (Å²) in [6.07, 6.45) is 0. The Bertz CT molecular complexity index is 827. The summed E-state index contributed by atoms with van der Waals surface area (Å²) in [5, 5.41) is 0.852. The van der Waals surface area contributed by atoms with Gasteiger partial charge in [0.15, 0.2) is 5.16 Å². The van der Waals surface area contributed by atoms with E-state index in [0.29, 0.717) is 5.56 Å². The van der Waals surface area contributed by atoms with Crippen LogP contribution in [0.2, 0.25) is 0 Å². The Kier molecular flexibility index (Phi) is 4.52. The Morgan fingerprint density at radius 2 is 1.96 bits per heavy atom. The lowest BCUT2D eigenvalue weighted by atomic mass is 10.1. The summed E-state index contributed by atoms with van der Waals surface area (Å²) in [5.41, 5.74) is 3.53. The number of carbonyl (C=O) groups excluding carboxylic acids is 1. The number of methoxy groups -OCH3 is 2. The quantitative estimate of drug-likeness (QED) is 0.572. The van der Waals surface area contributed by atoms with E-state index < -0.39 is 0 Å². The fraction of sp³-hybridized carbons (Fsp3) is 0.176. The Morgan fingerprint density at radius 1 is 1.17 bits per heavy atom. The second-order valence-corrected chi connectivity index (χ2v) is 5.87. The first kappa shape index (κ1) is 15.4. The third-order valence-corrected chi connectivity index (χ3v) is 4.36. The van der Waals surface area contributed by atoms with Crippen LogP contribution in [0, 0.1) is 0 Å². The van der Waals surface area contributed by atoms with E-state index in [9.17, 15) is 4.79 Å². The summed E-state index contributed by atoms with van der Waals surface area (Å²) in [6.45, 7) is 0. The number of nitrogens with zero attached hydrogens (tertiary/aromatic N) is 1. The van der Waals surface area contributed by atoms with E-state index in [1.54, 1.807) is 31.0 Å². The molecule has 0 atom stereocenters. The molecule has 0 aliphatic rings. The van der Waals surface area contributed by atoms with Gasteiger partial charge < -0.3 is 14.5 Å². The number of aromatic nitrogens is 2. The predicted octanol–water partition coefficient (Wildman–Crippen LogP) is 3.65. The first-order valence-corrected chi connectivity index (χ1v) is 8.02. The molecule has 1 heterocycles. The Balaban J connectivity index is 1.69. The van der Waals surface area contributed by atoms with Gasteiger partial charge in [-0.05, 0) is 29.8 Å². The highest BCUT2D eigenvalue weighted by atomic mass is 32.2. The molecule has 0 fully saturated rings. The molecule has 0 aliphatic carbocycles. The van der Waals surface area contributed by atoms with Crippen molar-refractivity contribution in [2.24, 2.45) is 0 Å². The van der Waals surface area contributed by atoms with Crippen LogP contribution in [-0.4, -0.2) is 30.2 Å². The van der Waals surface area contributed by atoms with Gasteiger partial charge in [0.25, 0.3) is 0 Å². The average Bonchev–Trinajstić information content (AvgIpc) is 3.01. The zero-order valence-corrected chi connectivity index (χ0v) is 13.6. The SMILES string of the molecule is COC(=O)c1ccc(CSc2nc3cc(OC)ccc3[nH]2)cc1. The minimum absolute atomic E-state index is 0.324. The molecule has 0 amide bonds. The summed E-state index contributed by atoms with van der Waals surface area (Å²) in [4.78, 5) is 19.2. The highest BCUT2D eigenvalue weighted by molar-refractivity contribution is 7.98. The monoisotopic (exact) mass is 328 g/mol. The van der Waals surface area contributed by atoms with Gasteiger partial charge in [0.05, 0.1) is 30.8 Å². The van der Waals surface area contributed by atoms with Crippen molar-refractivity contribution in [2.75, 3.05) is 14.2 Å². The maximum Gasteiger partial charge on any atom is 0.337 e. The molecule has 0 saturated carbocycles. The third-order valence-electron chi connectivity index (χ3n) is 3.42. The molecule has 118 valence electrons. The number of thioether (sulfide) groups is 1. The normalized spacial score (nSPS) is 10.7. The summed E-state index contributed by atoms with van der Waals surface area (Å²) in [5.74, 6) is 1.23. The van der Waals surface area contributed by atoms with E-state index in [0.717, 1.165) is 33.3 Å². The average molecular weight is 328 g/mol. The van der Waals surface area contributed by atoms with E-state index >= 15 is 0 Å². The Hall–Kier alpha value is -2.47. The number of carbonyl (C=O) groups is 1. The second kappa shape index (κ2) is 6.75. The molecule has 0 saturated heterocycles. The van der Waals surface area contributed by atoms with Gasteiger partial charge in [-0.25, -0.2) is 9.78 Å². The highest BCUT2D eigenvalue weighted by Crippen LogP contribution is 2.25. The number of ether oxygens (including phenoxy) is 2. The number of nitrogens with one attached hydrogen (secondary N) is 1. The van der Waals surface area contributed by atoms with Crippen molar-refractivity contribution in [3.63, 3.8) is 0 Å². The third kappa shape index (κ3) is 3.48. The van der Waals surface area contributed by atoms with Crippen molar-refractivity contribution in [1.29, 1.82) is 0 Å². The lowest BCUT2D eigenvalue weighted by Crippen LogP contribution is -2.00. The summed E-state index contributed by atoms with van der Waals surface area (Å²) < 4.78 is 9.89. The number of benzene rings is 2. The largest absolute Gasteiger partial charge is 0.497 e. The van der Waals surface area contributed by atoms with E-state index in [1.165, 1.54) is 7.11 Å². The summed E-state index contributed by atoms with van der Waals surface area (Å²) in [6, 6.07) is 13.1. The summed E-state index contributed by atoms with van der Waals surface area (Å²) in [7, 11) is 3.02. The number of hydrogen-bond donors (Lipinski definition) is 1. The second-order valence-electron chi connectivity index (χ2n) is 4.90. The molecule has 0 bridgehead atoms. The van der Waals surface area contributed by atoms with Crippen LogP contribution in [0.25, 0.3) is 11.0 Å². The van der Waals surface area contributed by atoms with Gasteiger partial charge >= 0.3 is 5.97 Å². The van der Waals surface area contributed by atoms with E-state index in [1.807, 2.05) is 30.3 Å². The Morgan fingerprint density at radius 3 is 2.65 bits per heavy atom. The molecule has 23 heavy (non-hydrogen) atoms. The van der Waals surface area contributed by atoms with Crippen LogP contribution >= 0.6 is 11.8 Å². The fourth-order valence-electron chi connectivity index (χ4n) is 2.16. The molecular weight excluding hydrogens is 312 g/mol. The number of hydrogen-bond acceptors (Lipinski definition) is 5. The molecule has 0 unspecified atom stereocenters. The van der Waals surface area contributed by atoms with Crippen molar-refractivity contribution >= 4 is 28.8 Å². The van der Waals surface area contributed by atoms with Gasteiger partial charge in [0.1, 0.15) is 5.75 Å². The molecule has 1 N–H and O–H groups in total. The van der Waals surface area contributed by atoms with E-state index in [4.69, 9.17) is 4.74 Å². The van der Waals surface area contributed by atoms with Crippen LogP contribution in [0.15, 0.2) is 47.6 Å². The molecule has 0 aliphatic heterocycles. The molecule has 3 rings (SSSR count). The van der Waals surface area contributed by atoms with Gasteiger partial charge in [0, 0.05) is 11.8 Å². The van der Waals surface area contributed by atoms with Crippen LogP contribution < -0.4 is 4.74 Å². The Labute approximate surface area is 138 Å². The van der Waals surface area contributed by atoms with Crippen LogP contribution in [0.4, 0.5) is 0 Å². The van der Waals surface area contributed by atoms with Gasteiger partial charge in [0.2, 0.25) is 0 Å². The van der Waals surface area contributed by atoms with Gasteiger partial charge in [-0.2, -0.15) is 0 Å². The minimum Gasteiger partial charge on any atom is -0.497 e. The number of fused-ring (bicyclic) bond motifs is 1. The molecular formula is C17H16N2O3S. The molecule has 6 heteroatoms. The van der Waals surface area contributed by atoms with Gasteiger partial charge in [-0.1, -0.05) is 23.9 Å². The minimum atomic E-state index is -0.324. The van der Waals surface area contributed by atoms with Crippen LogP contribution in [0.1, 0.15) is 15.9 Å². The van der Waals surface area contributed by atoms with Crippen LogP contribution in [0.3, 0.4) is 0 Å². The van der Waals surface area contributed by atoms with Crippen molar-refractivity contribution in [3.8, 4) is 5.75 Å². The molecule has 0 radical (unpaired) electrons. The number of imidazole rings is 1. The van der Waals surface area contributed by atoms with Crippen molar-refractivity contribution in [2.45, 2.75) is 10.9 Å². The number of esters is 1. The zero-order chi connectivity index (χ0) is 16.2. The molecule has 0 spiro atoms. The first-order chi connectivity index (χ1) is 11.2. The van der Waals surface area contributed by atoms with E-state index in [2.05, 4.69) is 14.7 Å². The molecule has 5 nitrogen and oxygen atoms in total. The maximum absolute atomic E-state index is 11.4. The smallest absolute Gasteiger partial charge is 0.337 e. The molecule has 2 aromatic carbocycles.